The number of hydrogen-bond donors (Lipinski definition) is 1. The number of imidazole rings is 1. The molecule has 3 rings (SSSR count). The van der Waals surface area contributed by atoms with E-state index in [0.29, 0.717) is 0 Å². The molecule has 1 saturated heterocycles. The van der Waals surface area contributed by atoms with E-state index in [1.165, 1.54) is 24.2 Å². The molecule has 0 atom stereocenters. The summed E-state index contributed by atoms with van der Waals surface area (Å²) >= 11 is 3.51. The molecule has 0 unspecified atom stereocenters. The van der Waals surface area contributed by atoms with Crippen LogP contribution >= 0.6 is 15.9 Å². The highest BCUT2D eigenvalue weighted by Gasteiger charge is 2.17. The van der Waals surface area contributed by atoms with Crippen molar-refractivity contribution in [2.45, 2.75) is 19.3 Å². The molecular formula is C14H18BrN3. The molecule has 0 amide bonds. The van der Waals surface area contributed by atoms with Crippen molar-refractivity contribution in [2.24, 2.45) is 13.0 Å². The smallest absolute Gasteiger partial charge is 0.109 e. The highest BCUT2D eigenvalue weighted by molar-refractivity contribution is 9.10. The third-order valence-corrected chi connectivity index (χ3v) is 4.36. The van der Waals surface area contributed by atoms with Crippen LogP contribution in [0, 0.1) is 5.92 Å². The van der Waals surface area contributed by atoms with Crippen LogP contribution < -0.4 is 5.32 Å². The van der Waals surface area contributed by atoms with Gasteiger partial charge < -0.3 is 9.88 Å². The van der Waals surface area contributed by atoms with E-state index in [2.05, 4.69) is 51.1 Å². The molecule has 0 bridgehead atoms. The van der Waals surface area contributed by atoms with Gasteiger partial charge in [0.15, 0.2) is 0 Å². The molecule has 2 aromatic rings. The van der Waals surface area contributed by atoms with E-state index in [9.17, 15) is 0 Å². The Balaban J connectivity index is 1.89. The van der Waals surface area contributed by atoms with Gasteiger partial charge in [0.25, 0.3) is 0 Å². The first-order chi connectivity index (χ1) is 8.74. The minimum absolute atomic E-state index is 0.783. The van der Waals surface area contributed by atoms with E-state index in [0.717, 1.165) is 35.4 Å². The van der Waals surface area contributed by atoms with Gasteiger partial charge in [-0.2, -0.15) is 0 Å². The molecule has 2 heterocycles. The highest BCUT2D eigenvalue weighted by Crippen LogP contribution is 2.23. The number of halogens is 1. The molecule has 0 spiro atoms. The first kappa shape index (κ1) is 12.2. The summed E-state index contributed by atoms with van der Waals surface area (Å²) in [5.74, 6) is 2.00. The van der Waals surface area contributed by atoms with E-state index < -0.39 is 0 Å². The van der Waals surface area contributed by atoms with E-state index in [4.69, 9.17) is 4.98 Å². The molecule has 0 radical (unpaired) electrons. The van der Waals surface area contributed by atoms with E-state index in [1.54, 1.807) is 0 Å². The molecule has 0 saturated carbocycles. The fraction of sp³-hybridized carbons (Fsp3) is 0.500. The predicted octanol–water partition coefficient (Wildman–Crippen LogP) is 2.88. The zero-order valence-electron chi connectivity index (χ0n) is 10.6. The van der Waals surface area contributed by atoms with Crippen molar-refractivity contribution in [3.63, 3.8) is 0 Å². The maximum Gasteiger partial charge on any atom is 0.109 e. The fourth-order valence-electron chi connectivity index (χ4n) is 2.75. The van der Waals surface area contributed by atoms with E-state index >= 15 is 0 Å². The molecular weight excluding hydrogens is 290 g/mol. The molecule has 1 fully saturated rings. The van der Waals surface area contributed by atoms with Gasteiger partial charge in [-0.15, -0.1) is 0 Å². The fourth-order valence-corrected chi connectivity index (χ4v) is 3.10. The van der Waals surface area contributed by atoms with Crippen LogP contribution in [-0.2, 0) is 13.5 Å². The van der Waals surface area contributed by atoms with Crippen LogP contribution in [0.2, 0.25) is 0 Å². The summed E-state index contributed by atoms with van der Waals surface area (Å²) in [6.45, 7) is 2.31. The Morgan fingerprint density at radius 3 is 2.94 bits per heavy atom. The molecule has 96 valence electrons. The summed E-state index contributed by atoms with van der Waals surface area (Å²) in [5.41, 5.74) is 2.32. The number of aryl methyl sites for hydroxylation is 1. The van der Waals surface area contributed by atoms with Crippen molar-refractivity contribution in [1.29, 1.82) is 0 Å². The Hall–Kier alpha value is -0.870. The molecule has 0 aliphatic carbocycles. The van der Waals surface area contributed by atoms with Crippen molar-refractivity contribution in [2.75, 3.05) is 13.1 Å². The Morgan fingerprint density at radius 1 is 1.39 bits per heavy atom. The number of rotatable bonds is 2. The number of hydrogen-bond acceptors (Lipinski definition) is 2. The lowest BCUT2D eigenvalue weighted by Gasteiger charge is -2.22. The van der Waals surface area contributed by atoms with E-state index in [1.807, 2.05) is 0 Å². The first-order valence-corrected chi connectivity index (χ1v) is 7.35. The second kappa shape index (κ2) is 5.02. The topological polar surface area (TPSA) is 29.9 Å². The zero-order chi connectivity index (χ0) is 12.5. The zero-order valence-corrected chi connectivity index (χ0v) is 12.2. The summed E-state index contributed by atoms with van der Waals surface area (Å²) in [5, 5.41) is 3.42. The number of nitrogens with zero attached hydrogens (tertiary/aromatic N) is 2. The average molecular weight is 308 g/mol. The Bertz CT molecular complexity index is 555. The highest BCUT2D eigenvalue weighted by atomic mass is 79.9. The van der Waals surface area contributed by atoms with Crippen LogP contribution in [0.5, 0.6) is 0 Å². The third kappa shape index (κ3) is 2.31. The first-order valence-electron chi connectivity index (χ1n) is 6.55. The average Bonchev–Trinajstić information content (AvgIpc) is 2.67. The van der Waals surface area contributed by atoms with Crippen LogP contribution in [0.1, 0.15) is 18.7 Å². The van der Waals surface area contributed by atoms with Crippen LogP contribution in [0.4, 0.5) is 0 Å². The van der Waals surface area contributed by atoms with Gasteiger partial charge in [0.2, 0.25) is 0 Å². The predicted molar refractivity (Wildman–Crippen MR) is 77.7 cm³/mol. The summed E-state index contributed by atoms with van der Waals surface area (Å²) in [6.07, 6.45) is 3.64. The summed E-state index contributed by atoms with van der Waals surface area (Å²) < 4.78 is 3.34. The van der Waals surface area contributed by atoms with Gasteiger partial charge in [-0.1, -0.05) is 15.9 Å². The molecule has 1 aromatic carbocycles. The lowest BCUT2D eigenvalue weighted by atomic mass is 9.94. The van der Waals surface area contributed by atoms with Gasteiger partial charge in [-0.25, -0.2) is 4.98 Å². The van der Waals surface area contributed by atoms with Gasteiger partial charge in [-0.3, -0.25) is 0 Å². The Kier molecular flexibility index (Phi) is 3.39. The number of benzene rings is 1. The van der Waals surface area contributed by atoms with Crippen molar-refractivity contribution >= 4 is 27.0 Å². The van der Waals surface area contributed by atoms with E-state index in [-0.39, 0.29) is 0 Å². The molecule has 1 aromatic heterocycles. The molecule has 1 aliphatic heterocycles. The van der Waals surface area contributed by atoms with Gasteiger partial charge in [0, 0.05) is 17.9 Å². The van der Waals surface area contributed by atoms with Gasteiger partial charge in [0.1, 0.15) is 5.82 Å². The minimum atomic E-state index is 0.783. The second-order valence-corrected chi connectivity index (χ2v) is 6.03. The molecule has 1 aliphatic rings. The van der Waals surface area contributed by atoms with Crippen molar-refractivity contribution in [3.05, 3.63) is 28.5 Å². The second-order valence-electron chi connectivity index (χ2n) is 5.12. The lowest BCUT2D eigenvalue weighted by Crippen LogP contribution is -2.29. The Labute approximate surface area is 116 Å². The molecule has 18 heavy (non-hydrogen) atoms. The maximum atomic E-state index is 4.78. The van der Waals surface area contributed by atoms with Crippen molar-refractivity contribution in [1.82, 2.24) is 14.9 Å². The molecule has 3 nitrogen and oxygen atoms in total. The maximum absolute atomic E-state index is 4.78. The van der Waals surface area contributed by atoms with Gasteiger partial charge in [-0.05, 0) is 50.0 Å². The molecule has 1 N–H and O–H groups in total. The SMILES string of the molecule is Cn1c(CC2CCNCC2)nc2cc(Br)ccc21. The number of piperidine rings is 1. The van der Waals surface area contributed by atoms with Gasteiger partial charge >= 0.3 is 0 Å². The third-order valence-electron chi connectivity index (χ3n) is 3.87. The summed E-state index contributed by atoms with van der Waals surface area (Å²) in [7, 11) is 2.12. The monoisotopic (exact) mass is 307 g/mol. The van der Waals surface area contributed by atoms with Crippen LogP contribution in [0.25, 0.3) is 11.0 Å². The lowest BCUT2D eigenvalue weighted by molar-refractivity contribution is 0.365. The largest absolute Gasteiger partial charge is 0.331 e. The molecule has 4 heteroatoms. The van der Waals surface area contributed by atoms with Crippen molar-refractivity contribution < 1.29 is 0 Å². The number of nitrogens with one attached hydrogen (secondary N) is 1. The van der Waals surface area contributed by atoms with Crippen molar-refractivity contribution in [3.8, 4) is 0 Å². The summed E-state index contributed by atoms with van der Waals surface area (Å²) in [6, 6.07) is 6.32. The standard InChI is InChI=1S/C14H18BrN3/c1-18-13-3-2-11(15)9-12(13)17-14(18)8-10-4-6-16-7-5-10/h2-3,9-10,16H,4-8H2,1H3. The normalized spacial score (nSPS) is 17.4. The minimum Gasteiger partial charge on any atom is -0.331 e. The van der Waals surface area contributed by atoms with Crippen LogP contribution in [-0.4, -0.2) is 22.6 Å². The quantitative estimate of drug-likeness (QED) is 0.924. The summed E-state index contributed by atoms with van der Waals surface area (Å²) in [4.78, 5) is 4.78. The number of aromatic nitrogens is 2. The Morgan fingerprint density at radius 2 is 2.17 bits per heavy atom. The van der Waals surface area contributed by atoms with Crippen LogP contribution in [0.3, 0.4) is 0 Å². The number of fused-ring (bicyclic) bond motifs is 1. The van der Waals surface area contributed by atoms with Crippen LogP contribution in [0.15, 0.2) is 22.7 Å². The van der Waals surface area contributed by atoms with Gasteiger partial charge in [0.05, 0.1) is 11.0 Å².